The first-order chi connectivity index (χ1) is 13.2. The first-order valence-corrected chi connectivity index (χ1v) is 9.90. The molecule has 0 unspecified atom stereocenters. The quantitative estimate of drug-likeness (QED) is 0.818. The van der Waals surface area contributed by atoms with Gasteiger partial charge in [0.2, 0.25) is 0 Å². The van der Waals surface area contributed by atoms with Gasteiger partial charge in [-0.05, 0) is 44.6 Å². The van der Waals surface area contributed by atoms with Crippen molar-refractivity contribution in [3.8, 4) is 11.4 Å². The van der Waals surface area contributed by atoms with Gasteiger partial charge in [-0.25, -0.2) is 4.98 Å². The topological polar surface area (TPSA) is 49.0 Å². The zero-order chi connectivity index (χ0) is 18.8. The Hall–Kier alpha value is -2.46. The Morgan fingerprint density at radius 1 is 1.30 bits per heavy atom. The van der Waals surface area contributed by atoms with Crippen LogP contribution in [0, 0.1) is 0 Å². The van der Waals surface area contributed by atoms with Crippen molar-refractivity contribution in [2.75, 3.05) is 0 Å². The fraction of sp³-hybridized carbons (Fsp3) is 0.391. The van der Waals surface area contributed by atoms with Gasteiger partial charge in [0.15, 0.2) is 0 Å². The standard InChI is InChI=1S/C23H27N3O/c1-3-6-19-8-4-7-16(2)26(19)15-17-11-13-18(14-12-17)22-24-21-10-5-9-20(21)23(27)25-22/h3-4,7,11-14,16,19H,1,5-6,8-10,15H2,2H3,(H,24,25,27)/t16-,19-/m1/s1. The molecule has 1 N–H and O–H groups in total. The van der Waals surface area contributed by atoms with Gasteiger partial charge in [0.05, 0.1) is 5.69 Å². The van der Waals surface area contributed by atoms with E-state index in [1.165, 1.54) is 5.56 Å². The molecule has 0 saturated carbocycles. The third kappa shape index (κ3) is 3.67. The molecule has 2 heterocycles. The number of benzene rings is 1. The molecule has 2 aliphatic rings. The molecule has 1 aliphatic carbocycles. The third-order valence-corrected chi connectivity index (χ3v) is 5.79. The van der Waals surface area contributed by atoms with Gasteiger partial charge in [0, 0.05) is 29.8 Å². The summed E-state index contributed by atoms with van der Waals surface area (Å²) in [4.78, 5) is 22.4. The summed E-state index contributed by atoms with van der Waals surface area (Å²) in [6.45, 7) is 7.08. The van der Waals surface area contributed by atoms with Crippen LogP contribution in [0.25, 0.3) is 11.4 Å². The molecule has 4 heteroatoms. The number of aromatic amines is 1. The summed E-state index contributed by atoms with van der Waals surface area (Å²) in [5.41, 5.74) is 4.12. The van der Waals surface area contributed by atoms with Crippen molar-refractivity contribution in [3.05, 3.63) is 76.2 Å². The molecule has 0 saturated heterocycles. The normalized spacial score (nSPS) is 22.0. The van der Waals surface area contributed by atoms with Crippen molar-refractivity contribution < 1.29 is 0 Å². The average molecular weight is 361 g/mol. The van der Waals surface area contributed by atoms with Gasteiger partial charge >= 0.3 is 0 Å². The highest BCUT2D eigenvalue weighted by atomic mass is 16.1. The maximum absolute atomic E-state index is 12.3. The lowest BCUT2D eigenvalue weighted by Crippen LogP contribution is -2.42. The summed E-state index contributed by atoms with van der Waals surface area (Å²) in [5, 5.41) is 0. The number of H-pyrrole nitrogens is 1. The van der Waals surface area contributed by atoms with E-state index in [-0.39, 0.29) is 5.56 Å². The maximum atomic E-state index is 12.3. The summed E-state index contributed by atoms with van der Waals surface area (Å²) in [6, 6.07) is 9.39. The van der Waals surface area contributed by atoms with Crippen LogP contribution in [-0.2, 0) is 19.4 Å². The van der Waals surface area contributed by atoms with Crippen molar-refractivity contribution in [2.45, 2.75) is 57.7 Å². The lowest BCUT2D eigenvalue weighted by atomic mass is 9.99. The number of aryl methyl sites for hydroxylation is 1. The molecule has 0 fully saturated rings. The largest absolute Gasteiger partial charge is 0.306 e. The van der Waals surface area contributed by atoms with Crippen LogP contribution in [0.2, 0.25) is 0 Å². The molecule has 0 spiro atoms. The van der Waals surface area contributed by atoms with Crippen LogP contribution in [-0.4, -0.2) is 27.0 Å². The van der Waals surface area contributed by atoms with E-state index < -0.39 is 0 Å². The molecule has 1 aromatic carbocycles. The number of hydrogen-bond donors (Lipinski definition) is 1. The Morgan fingerprint density at radius 2 is 2.11 bits per heavy atom. The summed E-state index contributed by atoms with van der Waals surface area (Å²) in [5.74, 6) is 0.686. The second kappa shape index (κ2) is 7.65. The van der Waals surface area contributed by atoms with E-state index in [2.05, 4.69) is 59.8 Å². The van der Waals surface area contributed by atoms with Crippen molar-refractivity contribution in [2.24, 2.45) is 0 Å². The molecule has 27 heavy (non-hydrogen) atoms. The summed E-state index contributed by atoms with van der Waals surface area (Å²) >= 11 is 0. The smallest absolute Gasteiger partial charge is 0.254 e. The van der Waals surface area contributed by atoms with E-state index in [0.29, 0.717) is 17.9 Å². The van der Waals surface area contributed by atoms with Crippen LogP contribution in [0.3, 0.4) is 0 Å². The van der Waals surface area contributed by atoms with Crippen LogP contribution in [0.4, 0.5) is 0 Å². The van der Waals surface area contributed by atoms with Gasteiger partial charge < -0.3 is 4.98 Å². The van der Waals surface area contributed by atoms with Crippen LogP contribution in [0.5, 0.6) is 0 Å². The van der Waals surface area contributed by atoms with Crippen LogP contribution < -0.4 is 5.56 Å². The second-order valence-corrected chi connectivity index (χ2v) is 7.65. The van der Waals surface area contributed by atoms with E-state index >= 15 is 0 Å². The van der Waals surface area contributed by atoms with Crippen molar-refractivity contribution in [3.63, 3.8) is 0 Å². The van der Waals surface area contributed by atoms with E-state index in [1.54, 1.807) is 0 Å². The molecule has 1 aliphatic heterocycles. The molecule has 0 radical (unpaired) electrons. The van der Waals surface area contributed by atoms with E-state index in [4.69, 9.17) is 4.98 Å². The van der Waals surface area contributed by atoms with Gasteiger partial charge in [0.1, 0.15) is 5.82 Å². The Morgan fingerprint density at radius 3 is 2.89 bits per heavy atom. The Labute approximate surface area is 160 Å². The number of aromatic nitrogens is 2. The minimum atomic E-state index is 0.0257. The predicted octanol–water partition coefficient (Wildman–Crippen LogP) is 4.02. The van der Waals surface area contributed by atoms with Crippen LogP contribution in [0.15, 0.2) is 53.9 Å². The highest BCUT2D eigenvalue weighted by molar-refractivity contribution is 5.56. The molecule has 0 bridgehead atoms. The second-order valence-electron chi connectivity index (χ2n) is 7.65. The van der Waals surface area contributed by atoms with Gasteiger partial charge in [-0.15, -0.1) is 6.58 Å². The summed E-state index contributed by atoms with van der Waals surface area (Å²) in [7, 11) is 0. The molecule has 2 aromatic rings. The highest BCUT2D eigenvalue weighted by Crippen LogP contribution is 2.24. The monoisotopic (exact) mass is 361 g/mol. The summed E-state index contributed by atoms with van der Waals surface area (Å²) in [6.07, 6.45) is 11.5. The lowest BCUT2D eigenvalue weighted by Gasteiger charge is -2.37. The Balaban J connectivity index is 1.54. The highest BCUT2D eigenvalue weighted by Gasteiger charge is 2.24. The maximum Gasteiger partial charge on any atom is 0.254 e. The minimum Gasteiger partial charge on any atom is -0.306 e. The van der Waals surface area contributed by atoms with E-state index in [0.717, 1.165) is 55.5 Å². The van der Waals surface area contributed by atoms with E-state index in [9.17, 15) is 4.79 Å². The zero-order valence-corrected chi connectivity index (χ0v) is 15.9. The predicted molar refractivity (Wildman–Crippen MR) is 110 cm³/mol. The van der Waals surface area contributed by atoms with Crippen LogP contribution in [0.1, 0.15) is 43.0 Å². The summed E-state index contributed by atoms with van der Waals surface area (Å²) < 4.78 is 0. The van der Waals surface area contributed by atoms with Crippen molar-refractivity contribution >= 4 is 0 Å². The van der Waals surface area contributed by atoms with Gasteiger partial charge in [-0.1, -0.05) is 42.5 Å². The van der Waals surface area contributed by atoms with Gasteiger partial charge in [-0.2, -0.15) is 0 Å². The molecule has 4 nitrogen and oxygen atoms in total. The SMILES string of the molecule is C=CC[C@@H]1CC=C[C@@H](C)N1Cc1ccc(-c2nc3c(c(=O)[nH]2)CCC3)cc1. The fourth-order valence-electron chi connectivity index (χ4n) is 4.27. The van der Waals surface area contributed by atoms with Crippen molar-refractivity contribution in [1.82, 2.24) is 14.9 Å². The third-order valence-electron chi connectivity index (χ3n) is 5.79. The number of nitrogens with zero attached hydrogens (tertiary/aromatic N) is 2. The average Bonchev–Trinajstić information content (AvgIpc) is 3.15. The molecule has 0 amide bonds. The van der Waals surface area contributed by atoms with Crippen molar-refractivity contribution in [1.29, 1.82) is 0 Å². The molecule has 4 rings (SSSR count). The Kier molecular flexibility index (Phi) is 5.08. The van der Waals surface area contributed by atoms with Gasteiger partial charge in [0.25, 0.3) is 5.56 Å². The Bertz CT molecular complexity index is 910. The number of fused-ring (bicyclic) bond motifs is 1. The number of rotatable bonds is 5. The van der Waals surface area contributed by atoms with Gasteiger partial charge in [-0.3, -0.25) is 9.69 Å². The first-order valence-electron chi connectivity index (χ1n) is 9.90. The minimum absolute atomic E-state index is 0.0257. The molecule has 2 atom stereocenters. The van der Waals surface area contributed by atoms with Crippen LogP contribution >= 0.6 is 0 Å². The molecule has 140 valence electrons. The number of nitrogens with one attached hydrogen (secondary N) is 1. The molecular formula is C23H27N3O. The molecular weight excluding hydrogens is 334 g/mol. The lowest BCUT2D eigenvalue weighted by molar-refractivity contribution is 0.151. The first kappa shape index (κ1) is 17.9. The number of hydrogen-bond acceptors (Lipinski definition) is 3. The molecule has 1 aromatic heterocycles. The zero-order valence-electron chi connectivity index (χ0n) is 15.9. The van der Waals surface area contributed by atoms with E-state index in [1.807, 2.05) is 6.08 Å². The fourth-order valence-corrected chi connectivity index (χ4v) is 4.27.